The minimum Gasteiger partial charge on any atom is -0.352 e. The van der Waals surface area contributed by atoms with Gasteiger partial charge in [-0.05, 0) is 36.7 Å². The van der Waals surface area contributed by atoms with Crippen LogP contribution >= 0.6 is 11.5 Å². The minimum atomic E-state index is -0.212. The number of hydrogen-bond donors (Lipinski definition) is 1. The van der Waals surface area contributed by atoms with Crippen LogP contribution in [0.5, 0.6) is 0 Å². The zero-order valence-corrected chi connectivity index (χ0v) is 14.1. The van der Waals surface area contributed by atoms with Gasteiger partial charge in [0.1, 0.15) is 0 Å². The van der Waals surface area contributed by atoms with Crippen LogP contribution in [0.1, 0.15) is 56.4 Å². The molecule has 1 N–H and O–H groups in total. The third-order valence-electron chi connectivity index (χ3n) is 3.90. The zero-order chi connectivity index (χ0) is 15.9. The molecule has 0 bridgehead atoms. The average molecular weight is 324 g/mol. The van der Waals surface area contributed by atoms with Crippen molar-refractivity contribution in [2.45, 2.75) is 52.0 Å². The summed E-state index contributed by atoms with van der Waals surface area (Å²) in [5, 5.41) is 8.48. The Morgan fingerprint density at radius 3 is 2.73 bits per heavy atom. The molecule has 2 amide bonds. The van der Waals surface area contributed by atoms with Crippen LogP contribution in [0.25, 0.3) is 0 Å². The van der Waals surface area contributed by atoms with Crippen molar-refractivity contribution in [3.8, 4) is 0 Å². The van der Waals surface area contributed by atoms with Gasteiger partial charge in [0.25, 0.3) is 5.91 Å². The Balaban J connectivity index is 1.93. The predicted octanol–water partition coefficient (Wildman–Crippen LogP) is 2.09. The van der Waals surface area contributed by atoms with E-state index < -0.39 is 0 Å². The van der Waals surface area contributed by atoms with E-state index >= 15 is 0 Å². The number of carbonyl (C=O) groups excluding carboxylic acids is 2. The van der Waals surface area contributed by atoms with Gasteiger partial charge in [-0.2, -0.15) is 0 Å². The number of nitrogens with zero attached hydrogens (tertiary/aromatic N) is 3. The smallest absolute Gasteiger partial charge is 0.275 e. The standard InChI is InChI=1S/C15H24N4O2S/c1-11(2)7-8-19(15(21)13-10-22-18-17-13)9-14(20)16-12-5-3-4-6-12/h10-12H,3-9H2,1-2H3,(H,16,20). The van der Waals surface area contributed by atoms with Gasteiger partial charge in [0, 0.05) is 18.0 Å². The molecular weight excluding hydrogens is 300 g/mol. The van der Waals surface area contributed by atoms with Crippen molar-refractivity contribution in [2.75, 3.05) is 13.1 Å². The lowest BCUT2D eigenvalue weighted by molar-refractivity contribution is -0.122. The first kappa shape index (κ1) is 16.9. The highest BCUT2D eigenvalue weighted by Crippen LogP contribution is 2.17. The van der Waals surface area contributed by atoms with Gasteiger partial charge in [0.15, 0.2) is 5.69 Å². The fourth-order valence-corrected chi connectivity index (χ4v) is 3.03. The molecule has 0 radical (unpaired) electrons. The molecule has 2 rings (SSSR count). The Morgan fingerprint density at radius 2 is 2.14 bits per heavy atom. The second kappa shape index (κ2) is 8.22. The summed E-state index contributed by atoms with van der Waals surface area (Å²) in [5.74, 6) is 0.185. The lowest BCUT2D eigenvalue weighted by Crippen LogP contribution is -2.44. The van der Waals surface area contributed by atoms with Crippen molar-refractivity contribution in [3.63, 3.8) is 0 Å². The predicted molar refractivity (Wildman–Crippen MR) is 85.7 cm³/mol. The molecule has 0 atom stereocenters. The first-order valence-electron chi connectivity index (χ1n) is 7.92. The highest BCUT2D eigenvalue weighted by molar-refractivity contribution is 7.03. The van der Waals surface area contributed by atoms with E-state index in [1.807, 2.05) is 0 Å². The largest absolute Gasteiger partial charge is 0.352 e. The summed E-state index contributed by atoms with van der Waals surface area (Å²) in [6.07, 6.45) is 5.29. The molecule has 122 valence electrons. The fraction of sp³-hybridized carbons (Fsp3) is 0.733. The molecule has 0 aliphatic heterocycles. The topological polar surface area (TPSA) is 75.2 Å². The number of aromatic nitrogens is 2. The van der Waals surface area contributed by atoms with E-state index in [0.29, 0.717) is 18.2 Å². The van der Waals surface area contributed by atoms with Crippen molar-refractivity contribution in [1.29, 1.82) is 0 Å². The van der Waals surface area contributed by atoms with E-state index in [-0.39, 0.29) is 24.4 Å². The van der Waals surface area contributed by atoms with Crippen LogP contribution in [0.4, 0.5) is 0 Å². The van der Waals surface area contributed by atoms with Gasteiger partial charge >= 0.3 is 0 Å². The number of nitrogens with one attached hydrogen (secondary N) is 1. The van der Waals surface area contributed by atoms with E-state index in [1.54, 1.807) is 10.3 Å². The Kier molecular flexibility index (Phi) is 6.30. The zero-order valence-electron chi connectivity index (χ0n) is 13.2. The maximum Gasteiger partial charge on any atom is 0.275 e. The summed E-state index contributed by atoms with van der Waals surface area (Å²) in [6.45, 7) is 4.86. The first-order valence-corrected chi connectivity index (χ1v) is 8.75. The molecule has 1 aliphatic carbocycles. The van der Waals surface area contributed by atoms with Crippen molar-refractivity contribution in [2.24, 2.45) is 5.92 Å². The third kappa shape index (κ3) is 5.05. The Morgan fingerprint density at radius 1 is 1.41 bits per heavy atom. The molecule has 0 saturated heterocycles. The maximum absolute atomic E-state index is 12.4. The Bertz CT molecular complexity index is 484. The molecule has 1 aromatic heterocycles. The van der Waals surface area contributed by atoms with Gasteiger partial charge in [-0.15, -0.1) is 5.10 Å². The highest BCUT2D eigenvalue weighted by Gasteiger charge is 2.23. The summed E-state index contributed by atoms with van der Waals surface area (Å²) in [7, 11) is 0. The summed E-state index contributed by atoms with van der Waals surface area (Å²) in [4.78, 5) is 26.2. The van der Waals surface area contributed by atoms with Crippen molar-refractivity contribution in [3.05, 3.63) is 11.1 Å². The fourth-order valence-electron chi connectivity index (χ4n) is 2.60. The molecule has 1 aliphatic rings. The van der Waals surface area contributed by atoms with Crippen molar-refractivity contribution >= 4 is 23.3 Å². The summed E-state index contributed by atoms with van der Waals surface area (Å²) in [5.41, 5.74) is 0.322. The van der Waals surface area contributed by atoms with Gasteiger partial charge in [0.05, 0.1) is 6.54 Å². The maximum atomic E-state index is 12.4. The van der Waals surface area contributed by atoms with Gasteiger partial charge in [0.2, 0.25) is 5.91 Å². The molecule has 1 aromatic rings. The van der Waals surface area contributed by atoms with Gasteiger partial charge in [-0.1, -0.05) is 31.2 Å². The minimum absolute atomic E-state index is 0.0767. The van der Waals surface area contributed by atoms with Crippen LogP contribution in [0, 0.1) is 5.92 Å². The molecule has 1 saturated carbocycles. The van der Waals surface area contributed by atoms with E-state index in [0.717, 1.165) is 30.8 Å². The molecule has 1 heterocycles. The van der Waals surface area contributed by atoms with Crippen LogP contribution in [0.3, 0.4) is 0 Å². The van der Waals surface area contributed by atoms with E-state index in [9.17, 15) is 9.59 Å². The summed E-state index contributed by atoms with van der Waals surface area (Å²) >= 11 is 1.15. The summed E-state index contributed by atoms with van der Waals surface area (Å²) < 4.78 is 3.73. The monoisotopic (exact) mass is 324 g/mol. The van der Waals surface area contributed by atoms with E-state index in [1.165, 1.54) is 12.8 Å². The van der Waals surface area contributed by atoms with Crippen LogP contribution in [0.15, 0.2) is 5.38 Å². The Labute approximate surface area is 135 Å². The van der Waals surface area contributed by atoms with Crippen LogP contribution < -0.4 is 5.32 Å². The lowest BCUT2D eigenvalue weighted by Gasteiger charge is -2.23. The van der Waals surface area contributed by atoms with Crippen LogP contribution in [-0.2, 0) is 4.79 Å². The highest BCUT2D eigenvalue weighted by atomic mass is 32.1. The molecule has 22 heavy (non-hydrogen) atoms. The van der Waals surface area contributed by atoms with E-state index in [2.05, 4.69) is 28.8 Å². The molecular formula is C15H24N4O2S. The number of hydrogen-bond acceptors (Lipinski definition) is 5. The van der Waals surface area contributed by atoms with Crippen molar-refractivity contribution < 1.29 is 9.59 Å². The molecule has 7 heteroatoms. The second-order valence-electron chi connectivity index (χ2n) is 6.25. The quantitative estimate of drug-likeness (QED) is 0.833. The molecule has 0 aromatic carbocycles. The third-order valence-corrected chi connectivity index (χ3v) is 4.40. The van der Waals surface area contributed by atoms with Gasteiger partial charge in [-0.25, -0.2) is 0 Å². The lowest BCUT2D eigenvalue weighted by atomic mass is 10.1. The molecule has 1 fully saturated rings. The summed E-state index contributed by atoms with van der Waals surface area (Å²) in [6, 6.07) is 0.274. The number of carbonyl (C=O) groups is 2. The van der Waals surface area contributed by atoms with E-state index in [4.69, 9.17) is 0 Å². The SMILES string of the molecule is CC(C)CCN(CC(=O)NC1CCCC1)C(=O)c1csnn1. The van der Waals surface area contributed by atoms with Crippen LogP contribution in [0.2, 0.25) is 0 Å². The first-order chi connectivity index (χ1) is 10.6. The normalized spacial score (nSPS) is 15.2. The van der Waals surface area contributed by atoms with Crippen molar-refractivity contribution in [1.82, 2.24) is 19.8 Å². The molecule has 0 unspecified atom stereocenters. The number of rotatable bonds is 7. The molecule has 6 nitrogen and oxygen atoms in total. The molecule has 0 spiro atoms. The second-order valence-corrected chi connectivity index (χ2v) is 6.86. The number of amides is 2. The van der Waals surface area contributed by atoms with Gasteiger partial charge < -0.3 is 10.2 Å². The Hall–Kier alpha value is -1.50. The van der Waals surface area contributed by atoms with Gasteiger partial charge in [-0.3, -0.25) is 9.59 Å². The average Bonchev–Trinajstić information content (AvgIpc) is 3.15. The van der Waals surface area contributed by atoms with Crippen LogP contribution in [-0.4, -0.2) is 45.4 Å².